The molecule has 0 spiro atoms. The minimum atomic E-state index is 0.522. The number of rotatable bonds is 3. The second-order valence-electron chi connectivity index (χ2n) is 2.34. The Hall–Kier alpha value is -1.56. The Morgan fingerprint density at radius 1 is 1.58 bits per heavy atom. The fraction of sp³-hybridized carbons (Fsp3) is 0.333. The molecule has 0 amide bonds. The molecule has 3 nitrogen and oxygen atoms in total. The van der Waals surface area contributed by atoms with Crippen LogP contribution < -0.4 is 4.74 Å². The minimum Gasteiger partial charge on any atom is -0.481 e. The van der Waals surface area contributed by atoms with E-state index in [9.17, 15) is 0 Å². The lowest BCUT2D eigenvalue weighted by atomic mass is 10.2. The Bertz CT molecular complexity index is 274. The largest absolute Gasteiger partial charge is 0.481 e. The monoisotopic (exact) mass is 162 g/mol. The topological polar surface area (TPSA) is 26.5 Å². The molecule has 1 aromatic rings. The molecule has 1 rings (SSSR count). The predicted octanol–water partition coefficient (Wildman–Crippen LogP) is 1.55. The van der Waals surface area contributed by atoms with Gasteiger partial charge < -0.3 is 9.58 Å². The first-order valence-corrected chi connectivity index (χ1v) is 3.69. The average Bonchev–Trinajstić information content (AvgIpc) is 2.15. The molecule has 0 aliphatic carbocycles. The van der Waals surface area contributed by atoms with Gasteiger partial charge in [0.25, 0.3) is 0 Å². The molecule has 0 atom stereocenters. The van der Waals surface area contributed by atoms with Crippen molar-refractivity contribution >= 4 is 0 Å². The summed E-state index contributed by atoms with van der Waals surface area (Å²) < 4.78 is 4.90. The molecule has 0 unspecified atom stereocenters. The maximum atomic E-state index is 6.61. The summed E-state index contributed by atoms with van der Waals surface area (Å²) in [6, 6.07) is 3.73. The van der Waals surface area contributed by atoms with E-state index in [2.05, 4.69) is 9.83 Å². The van der Waals surface area contributed by atoms with E-state index in [0.29, 0.717) is 12.4 Å². The fourth-order valence-corrected chi connectivity index (χ4v) is 0.865. The lowest BCUT2D eigenvalue weighted by molar-refractivity contribution is 0.397. The van der Waals surface area contributed by atoms with E-state index in [0.717, 1.165) is 12.0 Å². The van der Waals surface area contributed by atoms with E-state index in [1.807, 2.05) is 6.07 Å². The number of hydrogen-bond acceptors (Lipinski definition) is 2. The fourth-order valence-electron chi connectivity index (χ4n) is 0.865. The van der Waals surface area contributed by atoms with E-state index in [4.69, 9.17) is 11.3 Å². The number of pyridine rings is 1. The highest BCUT2D eigenvalue weighted by molar-refractivity contribution is 5.18. The summed E-state index contributed by atoms with van der Waals surface area (Å²) in [5.74, 6) is 0.613. The first kappa shape index (κ1) is 8.54. The van der Waals surface area contributed by atoms with Crippen LogP contribution in [0.5, 0.6) is 5.88 Å². The highest BCUT2D eigenvalue weighted by Crippen LogP contribution is 2.06. The van der Waals surface area contributed by atoms with Crippen molar-refractivity contribution in [2.45, 2.75) is 6.42 Å². The summed E-state index contributed by atoms with van der Waals surface area (Å²) in [5, 5.41) is 0. The van der Waals surface area contributed by atoms with Crippen LogP contribution in [0.25, 0.3) is 4.85 Å². The maximum Gasteiger partial charge on any atom is 0.218 e. The third-order valence-electron chi connectivity index (χ3n) is 1.52. The maximum absolute atomic E-state index is 6.61. The van der Waals surface area contributed by atoms with Crippen molar-refractivity contribution in [3.8, 4) is 5.88 Å². The van der Waals surface area contributed by atoms with Crippen molar-refractivity contribution in [1.82, 2.24) is 4.98 Å². The molecule has 1 aromatic heterocycles. The van der Waals surface area contributed by atoms with Gasteiger partial charge in [0.2, 0.25) is 12.4 Å². The minimum absolute atomic E-state index is 0.522. The quantitative estimate of drug-likeness (QED) is 0.630. The van der Waals surface area contributed by atoms with Crippen LogP contribution in [0.2, 0.25) is 0 Å². The van der Waals surface area contributed by atoms with Crippen LogP contribution in [-0.4, -0.2) is 18.6 Å². The zero-order valence-electron chi connectivity index (χ0n) is 6.95. The van der Waals surface area contributed by atoms with Crippen LogP contribution >= 0.6 is 0 Å². The van der Waals surface area contributed by atoms with Gasteiger partial charge in [-0.2, -0.15) is 0 Å². The summed E-state index contributed by atoms with van der Waals surface area (Å²) in [7, 11) is 1.58. The Kier molecular flexibility index (Phi) is 3.09. The molecule has 0 bridgehead atoms. The molecule has 1 heterocycles. The normalized spacial score (nSPS) is 9.00. The molecule has 0 saturated heterocycles. The lowest BCUT2D eigenvalue weighted by Crippen LogP contribution is -1.91. The van der Waals surface area contributed by atoms with Gasteiger partial charge in [-0.15, -0.1) is 0 Å². The zero-order valence-corrected chi connectivity index (χ0v) is 6.95. The number of nitrogens with zero attached hydrogens (tertiary/aromatic N) is 2. The van der Waals surface area contributed by atoms with Gasteiger partial charge in [0.15, 0.2) is 0 Å². The highest BCUT2D eigenvalue weighted by atomic mass is 16.5. The molecule has 0 aromatic carbocycles. The van der Waals surface area contributed by atoms with Crippen LogP contribution in [0, 0.1) is 6.57 Å². The predicted molar refractivity (Wildman–Crippen MR) is 46.0 cm³/mol. The molecular formula is C9H10N2O. The van der Waals surface area contributed by atoms with Crippen molar-refractivity contribution in [3.63, 3.8) is 0 Å². The smallest absolute Gasteiger partial charge is 0.218 e. The summed E-state index contributed by atoms with van der Waals surface area (Å²) in [6.45, 7) is 7.13. The molecule has 12 heavy (non-hydrogen) atoms. The molecule has 0 radical (unpaired) electrons. The Balaban J connectivity index is 2.60. The average molecular weight is 162 g/mol. The highest BCUT2D eigenvalue weighted by Gasteiger charge is 1.95. The second-order valence-corrected chi connectivity index (χ2v) is 2.34. The SMILES string of the molecule is [C-]#[N+]CCc1ccc(OC)nc1. The molecule has 0 saturated carbocycles. The third kappa shape index (κ3) is 2.24. The lowest BCUT2D eigenvalue weighted by Gasteiger charge is -1.98. The summed E-state index contributed by atoms with van der Waals surface area (Å²) >= 11 is 0. The first-order chi connectivity index (χ1) is 5.86. The number of hydrogen-bond donors (Lipinski definition) is 0. The van der Waals surface area contributed by atoms with Gasteiger partial charge in [-0.3, -0.25) is 0 Å². The van der Waals surface area contributed by atoms with Gasteiger partial charge in [0.1, 0.15) is 0 Å². The Morgan fingerprint density at radius 3 is 2.92 bits per heavy atom. The van der Waals surface area contributed by atoms with Crippen molar-refractivity contribution in [3.05, 3.63) is 35.3 Å². The number of ether oxygens (including phenoxy) is 1. The van der Waals surface area contributed by atoms with Crippen LogP contribution in [0.1, 0.15) is 5.56 Å². The van der Waals surface area contributed by atoms with E-state index in [-0.39, 0.29) is 0 Å². The Labute approximate surface area is 71.8 Å². The van der Waals surface area contributed by atoms with Crippen molar-refractivity contribution in [1.29, 1.82) is 0 Å². The van der Waals surface area contributed by atoms with Gasteiger partial charge in [-0.25, -0.2) is 11.6 Å². The van der Waals surface area contributed by atoms with Crippen molar-refractivity contribution < 1.29 is 4.74 Å². The second kappa shape index (κ2) is 4.35. The van der Waals surface area contributed by atoms with E-state index < -0.39 is 0 Å². The van der Waals surface area contributed by atoms with Crippen molar-refractivity contribution in [2.24, 2.45) is 0 Å². The van der Waals surface area contributed by atoms with Gasteiger partial charge in [0.05, 0.1) is 7.11 Å². The van der Waals surface area contributed by atoms with E-state index >= 15 is 0 Å². The molecule has 3 heteroatoms. The summed E-state index contributed by atoms with van der Waals surface area (Å²) in [6.07, 6.45) is 2.50. The van der Waals surface area contributed by atoms with Gasteiger partial charge in [0, 0.05) is 18.7 Å². The van der Waals surface area contributed by atoms with Crippen LogP contribution in [0.4, 0.5) is 0 Å². The number of methoxy groups -OCH3 is 1. The summed E-state index contributed by atoms with van der Waals surface area (Å²) in [5.41, 5.74) is 1.08. The van der Waals surface area contributed by atoms with Gasteiger partial charge in [-0.05, 0) is 5.56 Å². The van der Waals surface area contributed by atoms with Crippen molar-refractivity contribution in [2.75, 3.05) is 13.7 Å². The molecule has 62 valence electrons. The van der Waals surface area contributed by atoms with Gasteiger partial charge in [-0.1, -0.05) is 6.07 Å². The van der Waals surface area contributed by atoms with E-state index in [1.165, 1.54) is 0 Å². The van der Waals surface area contributed by atoms with Crippen LogP contribution in [0.15, 0.2) is 18.3 Å². The van der Waals surface area contributed by atoms with Crippen LogP contribution in [-0.2, 0) is 6.42 Å². The Morgan fingerprint density at radius 2 is 2.42 bits per heavy atom. The first-order valence-electron chi connectivity index (χ1n) is 3.69. The van der Waals surface area contributed by atoms with E-state index in [1.54, 1.807) is 19.4 Å². The third-order valence-corrected chi connectivity index (χ3v) is 1.52. The number of aromatic nitrogens is 1. The molecule has 0 aliphatic heterocycles. The summed E-state index contributed by atoms with van der Waals surface area (Å²) in [4.78, 5) is 7.29. The molecule has 0 fully saturated rings. The zero-order chi connectivity index (χ0) is 8.81. The standard InChI is InChI=1S/C9H10N2O/c1-10-6-5-8-3-4-9(12-2)11-7-8/h3-4,7H,5-6H2,2H3. The van der Waals surface area contributed by atoms with Gasteiger partial charge >= 0.3 is 0 Å². The molecule has 0 N–H and O–H groups in total. The van der Waals surface area contributed by atoms with Crippen LogP contribution in [0.3, 0.4) is 0 Å². The molecule has 0 aliphatic rings. The molecular weight excluding hydrogens is 152 g/mol.